The zero-order chi connectivity index (χ0) is 20.7. The molecule has 0 aliphatic carbocycles. The topological polar surface area (TPSA) is 52.3 Å². The fraction of sp³-hybridized carbons (Fsp3) is 0.750. The molecule has 0 fully saturated rings. The number of aromatic nitrogens is 1. The van der Waals surface area contributed by atoms with Crippen LogP contribution in [0.4, 0.5) is 0 Å². The lowest BCUT2D eigenvalue weighted by molar-refractivity contribution is 0.211. The van der Waals surface area contributed by atoms with Gasteiger partial charge in [0.05, 0.1) is 12.0 Å². The number of thiophene rings is 1. The van der Waals surface area contributed by atoms with Gasteiger partial charge < -0.3 is 9.15 Å². The van der Waals surface area contributed by atoms with Crippen molar-refractivity contribution in [2.45, 2.75) is 110 Å². The van der Waals surface area contributed by atoms with Crippen LogP contribution in [0.2, 0.25) is 0 Å². The van der Waals surface area contributed by atoms with Crippen LogP contribution in [0.15, 0.2) is 15.3 Å². The quantitative estimate of drug-likeness (QED) is 0.246. The first kappa shape index (κ1) is 23.9. The lowest BCUT2D eigenvalue weighted by atomic mass is 10.1. The van der Waals surface area contributed by atoms with Crippen LogP contribution in [0.1, 0.15) is 109 Å². The van der Waals surface area contributed by atoms with E-state index in [0.717, 1.165) is 24.1 Å². The van der Waals surface area contributed by atoms with E-state index in [9.17, 15) is 4.79 Å². The number of fused-ring (bicyclic) bond motifs is 1. The standard InChI is InChI=1S/C24H39NO3S/c1-3-5-7-9-11-12-14-16-18-27-24-25-22-21(23(26)28-24)19-20(29-22)17-15-13-10-8-6-4-2/h19H,3-18H2,1-2H3. The molecule has 29 heavy (non-hydrogen) atoms. The minimum atomic E-state index is -0.327. The lowest BCUT2D eigenvalue weighted by Gasteiger charge is -2.03. The summed E-state index contributed by atoms with van der Waals surface area (Å²) in [6, 6.07) is 1.95. The second-order valence-corrected chi connectivity index (χ2v) is 9.16. The Morgan fingerprint density at radius 1 is 0.862 bits per heavy atom. The molecule has 2 aromatic rings. The van der Waals surface area contributed by atoms with Gasteiger partial charge in [-0.2, -0.15) is 4.98 Å². The van der Waals surface area contributed by atoms with E-state index in [-0.39, 0.29) is 11.7 Å². The number of hydrogen-bond acceptors (Lipinski definition) is 5. The molecule has 164 valence electrons. The molecule has 0 amide bonds. The number of nitrogens with zero attached hydrogens (tertiary/aromatic N) is 1. The van der Waals surface area contributed by atoms with Crippen LogP contribution >= 0.6 is 11.3 Å². The van der Waals surface area contributed by atoms with Gasteiger partial charge in [0.2, 0.25) is 0 Å². The van der Waals surface area contributed by atoms with Gasteiger partial charge in [-0.15, -0.1) is 11.3 Å². The van der Waals surface area contributed by atoms with Crippen LogP contribution in [0.25, 0.3) is 10.2 Å². The Bertz CT molecular complexity index is 737. The Labute approximate surface area is 180 Å². The second kappa shape index (κ2) is 14.6. The molecular weight excluding hydrogens is 382 g/mol. The van der Waals surface area contributed by atoms with Crippen LogP contribution in [0.5, 0.6) is 6.08 Å². The van der Waals surface area contributed by atoms with Gasteiger partial charge in [0.15, 0.2) is 0 Å². The molecule has 0 unspecified atom stereocenters. The van der Waals surface area contributed by atoms with E-state index in [1.54, 1.807) is 11.3 Å². The highest BCUT2D eigenvalue weighted by molar-refractivity contribution is 7.18. The Hall–Kier alpha value is -1.36. The van der Waals surface area contributed by atoms with E-state index in [4.69, 9.17) is 9.15 Å². The summed E-state index contributed by atoms with van der Waals surface area (Å²) in [5.41, 5.74) is -0.327. The predicted molar refractivity (Wildman–Crippen MR) is 123 cm³/mol. The van der Waals surface area contributed by atoms with Crippen molar-refractivity contribution in [2.24, 2.45) is 0 Å². The summed E-state index contributed by atoms with van der Waals surface area (Å²) in [4.78, 5) is 18.6. The van der Waals surface area contributed by atoms with E-state index < -0.39 is 0 Å². The molecule has 0 saturated carbocycles. The van der Waals surface area contributed by atoms with Crippen molar-refractivity contribution in [3.05, 3.63) is 21.4 Å². The summed E-state index contributed by atoms with van der Waals surface area (Å²) in [7, 11) is 0. The van der Waals surface area contributed by atoms with Gasteiger partial charge in [0, 0.05) is 4.88 Å². The smallest absolute Gasteiger partial charge is 0.397 e. The van der Waals surface area contributed by atoms with Crippen molar-refractivity contribution in [3.8, 4) is 6.08 Å². The highest BCUT2D eigenvalue weighted by Gasteiger charge is 2.11. The summed E-state index contributed by atoms with van der Waals surface area (Å²) < 4.78 is 10.9. The average Bonchev–Trinajstić information content (AvgIpc) is 3.13. The fourth-order valence-corrected chi connectivity index (χ4v) is 4.60. The summed E-state index contributed by atoms with van der Waals surface area (Å²) in [5.74, 6) is 0. The second-order valence-electron chi connectivity index (χ2n) is 8.04. The number of aryl methyl sites for hydroxylation is 1. The minimum Gasteiger partial charge on any atom is -0.450 e. The molecule has 0 atom stereocenters. The Morgan fingerprint density at radius 3 is 2.10 bits per heavy atom. The van der Waals surface area contributed by atoms with Gasteiger partial charge in [-0.3, -0.25) is 0 Å². The molecule has 0 aliphatic heterocycles. The SMILES string of the molecule is CCCCCCCCCCOc1nc2sc(CCCCCCCC)cc2c(=O)o1. The van der Waals surface area contributed by atoms with E-state index in [1.807, 2.05) is 6.07 Å². The van der Waals surface area contributed by atoms with Crippen molar-refractivity contribution in [1.82, 2.24) is 4.98 Å². The maximum absolute atomic E-state index is 12.2. The highest BCUT2D eigenvalue weighted by Crippen LogP contribution is 2.25. The molecule has 2 heterocycles. The maximum atomic E-state index is 12.2. The third-order valence-corrected chi connectivity index (χ3v) is 6.45. The third kappa shape index (κ3) is 9.33. The van der Waals surface area contributed by atoms with E-state index in [2.05, 4.69) is 18.8 Å². The van der Waals surface area contributed by atoms with Gasteiger partial charge in [-0.1, -0.05) is 90.9 Å². The molecule has 5 heteroatoms. The number of unbranched alkanes of at least 4 members (excludes halogenated alkanes) is 12. The van der Waals surface area contributed by atoms with Crippen molar-refractivity contribution in [3.63, 3.8) is 0 Å². The number of rotatable bonds is 17. The summed E-state index contributed by atoms with van der Waals surface area (Å²) in [6.07, 6.45) is 18.8. The van der Waals surface area contributed by atoms with Crippen LogP contribution in [0.3, 0.4) is 0 Å². The zero-order valence-corrected chi connectivity index (χ0v) is 19.3. The van der Waals surface area contributed by atoms with Crippen molar-refractivity contribution in [2.75, 3.05) is 6.61 Å². The third-order valence-electron chi connectivity index (χ3n) is 5.36. The first-order valence-electron chi connectivity index (χ1n) is 11.8. The van der Waals surface area contributed by atoms with Gasteiger partial charge in [0.1, 0.15) is 4.83 Å². The maximum Gasteiger partial charge on any atom is 0.397 e. The van der Waals surface area contributed by atoms with Crippen molar-refractivity contribution in [1.29, 1.82) is 0 Å². The summed E-state index contributed by atoms with van der Waals surface area (Å²) >= 11 is 1.60. The predicted octanol–water partition coefficient (Wildman–Crippen LogP) is 7.67. The number of hydrogen-bond donors (Lipinski definition) is 0. The number of ether oxygens (including phenoxy) is 1. The molecular formula is C24H39NO3S. The molecule has 2 aromatic heterocycles. The molecule has 0 aliphatic rings. The lowest BCUT2D eigenvalue weighted by Crippen LogP contribution is -2.05. The van der Waals surface area contributed by atoms with Crippen LogP contribution < -0.4 is 10.4 Å². The van der Waals surface area contributed by atoms with Crippen LogP contribution in [-0.4, -0.2) is 11.6 Å². The monoisotopic (exact) mass is 421 g/mol. The minimum absolute atomic E-state index is 0.124. The molecule has 0 radical (unpaired) electrons. The van der Waals surface area contributed by atoms with Gasteiger partial charge in [-0.25, -0.2) is 4.79 Å². The zero-order valence-electron chi connectivity index (χ0n) is 18.5. The molecule has 4 nitrogen and oxygen atoms in total. The van der Waals surface area contributed by atoms with Crippen molar-refractivity contribution >= 4 is 21.6 Å². The fourth-order valence-electron chi connectivity index (χ4n) is 3.56. The molecule has 0 N–H and O–H groups in total. The summed E-state index contributed by atoms with van der Waals surface area (Å²) in [5, 5.41) is 0.593. The average molecular weight is 422 g/mol. The normalized spacial score (nSPS) is 11.4. The first-order valence-corrected chi connectivity index (χ1v) is 12.6. The Kier molecular flexibility index (Phi) is 12.0. The Morgan fingerprint density at radius 2 is 1.45 bits per heavy atom. The van der Waals surface area contributed by atoms with Crippen LogP contribution in [-0.2, 0) is 6.42 Å². The highest BCUT2D eigenvalue weighted by atomic mass is 32.1. The Balaban J connectivity index is 1.70. The molecule has 0 spiro atoms. The van der Waals surface area contributed by atoms with Gasteiger partial charge in [-0.05, 0) is 25.3 Å². The molecule has 0 aromatic carbocycles. The summed E-state index contributed by atoms with van der Waals surface area (Å²) in [6.45, 7) is 5.05. The molecule has 0 bridgehead atoms. The largest absolute Gasteiger partial charge is 0.450 e. The van der Waals surface area contributed by atoms with E-state index in [1.165, 1.54) is 81.9 Å². The van der Waals surface area contributed by atoms with Gasteiger partial charge >= 0.3 is 11.7 Å². The van der Waals surface area contributed by atoms with E-state index >= 15 is 0 Å². The van der Waals surface area contributed by atoms with Gasteiger partial charge in [0.25, 0.3) is 0 Å². The molecule has 0 saturated heterocycles. The van der Waals surface area contributed by atoms with Crippen LogP contribution in [0, 0.1) is 0 Å². The first-order chi connectivity index (χ1) is 14.2. The molecule has 2 rings (SSSR count). The van der Waals surface area contributed by atoms with Crippen molar-refractivity contribution < 1.29 is 9.15 Å². The van der Waals surface area contributed by atoms with E-state index in [0.29, 0.717) is 12.0 Å².